The second-order valence-electron chi connectivity index (χ2n) is 3.72. The first kappa shape index (κ1) is 11.7. The molecule has 17 heavy (non-hydrogen) atoms. The molecule has 0 spiro atoms. The Hall–Kier alpha value is -1.82. The van der Waals surface area contributed by atoms with E-state index in [0.717, 1.165) is 6.07 Å². The third-order valence-corrected chi connectivity index (χ3v) is 2.50. The summed E-state index contributed by atoms with van der Waals surface area (Å²) >= 11 is 0. The molecule has 0 amide bonds. The summed E-state index contributed by atoms with van der Waals surface area (Å²) in [6, 6.07) is 3.35. The van der Waals surface area contributed by atoms with Crippen LogP contribution in [0.2, 0.25) is 0 Å². The van der Waals surface area contributed by atoms with Crippen LogP contribution < -0.4 is 5.32 Å². The van der Waals surface area contributed by atoms with Crippen molar-refractivity contribution in [2.24, 2.45) is 0 Å². The van der Waals surface area contributed by atoms with Crippen molar-refractivity contribution in [1.82, 2.24) is 20.7 Å². The molecule has 0 saturated heterocycles. The topological polar surface area (TPSA) is 53.6 Å². The first-order valence-corrected chi connectivity index (χ1v) is 5.17. The molecule has 4 nitrogen and oxygen atoms in total. The minimum Gasteiger partial charge on any atom is -0.311 e. The van der Waals surface area contributed by atoms with Gasteiger partial charge in [0.15, 0.2) is 0 Å². The Bertz CT molecular complexity index is 464. The summed E-state index contributed by atoms with van der Waals surface area (Å²) in [5.41, 5.74) is 1.28. The Balaban J connectivity index is 2.18. The Kier molecular flexibility index (Phi) is 3.43. The zero-order chi connectivity index (χ0) is 12.3. The number of nitrogens with zero attached hydrogens (tertiary/aromatic N) is 2. The zero-order valence-electron chi connectivity index (χ0n) is 9.24. The van der Waals surface area contributed by atoms with Gasteiger partial charge in [-0.15, -0.1) is 0 Å². The van der Waals surface area contributed by atoms with Crippen LogP contribution in [-0.4, -0.2) is 22.5 Å². The fraction of sp³-hybridized carbons (Fsp3) is 0.273. The average Bonchev–Trinajstić information content (AvgIpc) is 2.77. The molecule has 1 unspecified atom stereocenters. The van der Waals surface area contributed by atoms with Crippen molar-refractivity contribution in [3.63, 3.8) is 0 Å². The summed E-state index contributed by atoms with van der Waals surface area (Å²) in [5.74, 6) is -1.15. The standard InChI is InChI=1S/C11H12F2N4/c1-14-10(11-6-15-17-16-11)4-7-2-8(12)5-9(13)3-7/h2-3,5-6,10,14H,4H2,1H3,(H,15,16,17). The van der Waals surface area contributed by atoms with E-state index in [-0.39, 0.29) is 6.04 Å². The molecular formula is C11H12F2N4. The predicted molar refractivity (Wildman–Crippen MR) is 58.2 cm³/mol. The maximum atomic E-state index is 13.0. The van der Waals surface area contributed by atoms with Crippen LogP contribution in [0.3, 0.4) is 0 Å². The number of hydrogen-bond donors (Lipinski definition) is 2. The number of halogens is 2. The number of aromatic amines is 1. The molecule has 2 rings (SSSR count). The van der Waals surface area contributed by atoms with Gasteiger partial charge in [-0.1, -0.05) is 0 Å². The van der Waals surface area contributed by atoms with Crippen LogP contribution in [0.1, 0.15) is 17.3 Å². The number of likely N-dealkylation sites (N-methyl/N-ethyl adjacent to an activating group) is 1. The summed E-state index contributed by atoms with van der Waals surface area (Å²) in [4.78, 5) is 0. The van der Waals surface area contributed by atoms with E-state index in [1.807, 2.05) is 0 Å². The lowest BCUT2D eigenvalue weighted by Gasteiger charge is -2.13. The third-order valence-electron chi connectivity index (χ3n) is 2.50. The molecule has 6 heteroatoms. The Morgan fingerprint density at radius 2 is 2.00 bits per heavy atom. The molecule has 1 aromatic carbocycles. The molecule has 0 bridgehead atoms. The van der Waals surface area contributed by atoms with Gasteiger partial charge < -0.3 is 5.32 Å². The SMILES string of the molecule is CNC(Cc1cc(F)cc(F)c1)c1cn[nH]n1. The Morgan fingerprint density at radius 1 is 1.29 bits per heavy atom. The fourth-order valence-corrected chi connectivity index (χ4v) is 1.70. The molecule has 1 heterocycles. The zero-order valence-corrected chi connectivity index (χ0v) is 9.24. The minimum absolute atomic E-state index is 0.130. The van der Waals surface area contributed by atoms with E-state index in [4.69, 9.17) is 0 Å². The number of nitrogens with one attached hydrogen (secondary N) is 2. The lowest BCUT2D eigenvalue weighted by Crippen LogP contribution is -2.19. The quantitative estimate of drug-likeness (QED) is 0.850. The number of hydrogen-bond acceptors (Lipinski definition) is 3. The summed E-state index contributed by atoms with van der Waals surface area (Å²) in [6.07, 6.45) is 2.02. The average molecular weight is 238 g/mol. The molecule has 0 fully saturated rings. The first-order chi connectivity index (χ1) is 8.19. The van der Waals surface area contributed by atoms with Gasteiger partial charge in [-0.05, 0) is 31.2 Å². The smallest absolute Gasteiger partial charge is 0.126 e. The summed E-state index contributed by atoms with van der Waals surface area (Å²) < 4.78 is 26.1. The van der Waals surface area contributed by atoms with Crippen molar-refractivity contribution >= 4 is 0 Å². The largest absolute Gasteiger partial charge is 0.311 e. The first-order valence-electron chi connectivity index (χ1n) is 5.17. The van der Waals surface area contributed by atoms with E-state index in [9.17, 15) is 8.78 Å². The van der Waals surface area contributed by atoms with Crippen molar-refractivity contribution in [1.29, 1.82) is 0 Å². The number of H-pyrrole nitrogens is 1. The van der Waals surface area contributed by atoms with E-state index >= 15 is 0 Å². The van der Waals surface area contributed by atoms with Crippen molar-refractivity contribution < 1.29 is 8.78 Å². The highest BCUT2D eigenvalue weighted by Crippen LogP contribution is 2.17. The Morgan fingerprint density at radius 3 is 2.53 bits per heavy atom. The van der Waals surface area contributed by atoms with Crippen molar-refractivity contribution in [2.45, 2.75) is 12.5 Å². The third kappa shape index (κ3) is 2.85. The molecule has 0 aliphatic heterocycles. The maximum absolute atomic E-state index is 13.0. The van der Waals surface area contributed by atoms with E-state index in [2.05, 4.69) is 20.7 Å². The summed E-state index contributed by atoms with van der Waals surface area (Å²) in [5, 5.41) is 13.2. The maximum Gasteiger partial charge on any atom is 0.126 e. The second-order valence-corrected chi connectivity index (χ2v) is 3.72. The molecule has 90 valence electrons. The van der Waals surface area contributed by atoms with Crippen molar-refractivity contribution in [3.05, 3.63) is 47.3 Å². The minimum atomic E-state index is -0.574. The molecule has 2 N–H and O–H groups in total. The van der Waals surface area contributed by atoms with Crippen LogP contribution in [0.4, 0.5) is 8.78 Å². The van der Waals surface area contributed by atoms with E-state index in [1.54, 1.807) is 13.2 Å². The highest BCUT2D eigenvalue weighted by Gasteiger charge is 2.13. The van der Waals surface area contributed by atoms with Crippen LogP contribution in [-0.2, 0) is 6.42 Å². The summed E-state index contributed by atoms with van der Waals surface area (Å²) in [7, 11) is 1.76. The number of aromatic nitrogens is 3. The van der Waals surface area contributed by atoms with Crippen molar-refractivity contribution in [3.8, 4) is 0 Å². The highest BCUT2D eigenvalue weighted by molar-refractivity contribution is 5.20. The van der Waals surface area contributed by atoms with Gasteiger partial charge in [-0.3, -0.25) is 0 Å². The molecular weight excluding hydrogens is 226 g/mol. The van der Waals surface area contributed by atoms with Crippen LogP contribution in [0.15, 0.2) is 24.4 Å². The van der Waals surface area contributed by atoms with Crippen LogP contribution in [0.25, 0.3) is 0 Å². The highest BCUT2D eigenvalue weighted by atomic mass is 19.1. The van der Waals surface area contributed by atoms with Gasteiger partial charge in [0.1, 0.15) is 11.6 Å². The van der Waals surface area contributed by atoms with Gasteiger partial charge in [0.25, 0.3) is 0 Å². The Labute approximate surface area is 97.0 Å². The van der Waals surface area contributed by atoms with Crippen LogP contribution in [0, 0.1) is 11.6 Å². The van der Waals surface area contributed by atoms with Gasteiger partial charge in [-0.2, -0.15) is 15.4 Å². The molecule has 0 radical (unpaired) electrons. The lowest BCUT2D eigenvalue weighted by atomic mass is 10.0. The molecule has 0 saturated carbocycles. The summed E-state index contributed by atoms with van der Waals surface area (Å²) in [6.45, 7) is 0. The predicted octanol–water partition coefficient (Wildman–Crippen LogP) is 1.59. The van der Waals surface area contributed by atoms with Crippen LogP contribution in [0.5, 0.6) is 0 Å². The van der Waals surface area contributed by atoms with Gasteiger partial charge in [0, 0.05) is 6.07 Å². The second kappa shape index (κ2) is 5.01. The van der Waals surface area contributed by atoms with Crippen LogP contribution >= 0.6 is 0 Å². The molecule has 0 aliphatic carbocycles. The lowest BCUT2D eigenvalue weighted by molar-refractivity contribution is 0.554. The normalized spacial score (nSPS) is 12.6. The molecule has 1 atom stereocenters. The fourth-order valence-electron chi connectivity index (χ4n) is 1.70. The monoisotopic (exact) mass is 238 g/mol. The number of rotatable bonds is 4. The van der Waals surface area contributed by atoms with E-state index < -0.39 is 11.6 Å². The number of benzene rings is 1. The molecule has 2 aromatic rings. The molecule has 0 aliphatic rings. The van der Waals surface area contributed by atoms with E-state index in [1.165, 1.54) is 12.1 Å². The van der Waals surface area contributed by atoms with Gasteiger partial charge in [0.2, 0.25) is 0 Å². The van der Waals surface area contributed by atoms with Gasteiger partial charge in [-0.25, -0.2) is 8.78 Å². The molecule has 1 aromatic heterocycles. The van der Waals surface area contributed by atoms with E-state index in [0.29, 0.717) is 17.7 Å². The van der Waals surface area contributed by atoms with Gasteiger partial charge >= 0.3 is 0 Å². The van der Waals surface area contributed by atoms with Crippen molar-refractivity contribution in [2.75, 3.05) is 7.05 Å². The van der Waals surface area contributed by atoms with Gasteiger partial charge in [0.05, 0.1) is 17.9 Å².